The van der Waals surface area contributed by atoms with Crippen molar-refractivity contribution in [3.8, 4) is 0 Å². The highest BCUT2D eigenvalue weighted by atomic mass is 32.2. The van der Waals surface area contributed by atoms with Gasteiger partial charge in [0.2, 0.25) is 5.91 Å². The fraction of sp³-hybridized carbons (Fsp3) is 0.533. The van der Waals surface area contributed by atoms with Crippen molar-refractivity contribution < 1.29 is 13.2 Å². The van der Waals surface area contributed by atoms with E-state index in [2.05, 4.69) is 11.4 Å². The van der Waals surface area contributed by atoms with Crippen LogP contribution < -0.4 is 5.32 Å². The van der Waals surface area contributed by atoms with E-state index in [0.717, 1.165) is 11.1 Å². The Morgan fingerprint density at radius 3 is 2.70 bits per heavy atom. The molecule has 110 valence electrons. The Kier molecular flexibility index (Phi) is 4.48. The van der Waals surface area contributed by atoms with Crippen LogP contribution in [-0.2, 0) is 21.2 Å². The second-order valence-electron chi connectivity index (χ2n) is 5.68. The lowest BCUT2D eigenvalue weighted by molar-refractivity contribution is -0.122. The molecule has 1 fully saturated rings. The Morgan fingerprint density at radius 1 is 1.35 bits per heavy atom. The summed E-state index contributed by atoms with van der Waals surface area (Å²) in [5.74, 6) is 0.303. The maximum Gasteiger partial charge on any atom is 0.220 e. The van der Waals surface area contributed by atoms with Crippen molar-refractivity contribution in [3.05, 3.63) is 34.9 Å². The topological polar surface area (TPSA) is 63.2 Å². The lowest BCUT2D eigenvalue weighted by Crippen LogP contribution is -2.25. The minimum Gasteiger partial charge on any atom is -0.352 e. The molecule has 0 spiro atoms. The standard InChI is InChI=1S/C15H21NO3S/c1-11-3-4-14(12(2)7-11)9-16-15(17)8-13-5-6-20(18,19)10-13/h3-4,7,13H,5-6,8-10H2,1-2H3,(H,16,17). The zero-order valence-electron chi connectivity index (χ0n) is 12.0. The smallest absolute Gasteiger partial charge is 0.220 e. The Balaban J connectivity index is 1.84. The summed E-state index contributed by atoms with van der Waals surface area (Å²) in [5, 5.41) is 2.88. The summed E-state index contributed by atoms with van der Waals surface area (Å²) in [4.78, 5) is 11.9. The molecule has 0 aromatic heterocycles. The summed E-state index contributed by atoms with van der Waals surface area (Å²) in [6, 6.07) is 6.13. The van der Waals surface area contributed by atoms with E-state index in [4.69, 9.17) is 0 Å². The number of carbonyl (C=O) groups excluding carboxylic acids is 1. The molecule has 1 aromatic rings. The van der Waals surface area contributed by atoms with E-state index < -0.39 is 9.84 Å². The fourth-order valence-electron chi connectivity index (χ4n) is 2.61. The number of amides is 1. The van der Waals surface area contributed by atoms with Crippen molar-refractivity contribution in [2.45, 2.75) is 33.2 Å². The van der Waals surface area contributed by atoms with Crippen LogP contribution in [0.25, 0.3) is 0 Å². The predicted molar refractivity (Wildman–Crippen MR) is 79.1 cm³/mol. The number of aryl methyl sites for hydroxylation is 2. The molecule has 20 heavy (non-hydrogen) atoms. The molecule has 1 aromatic carbocycles. The molecule has 0 saturated carbocycles. The highest BCUT2D eigenvalue weighted by Crippen LogP contribution is 2.21. The first kappa shape index (κ1) is 15.0. The van der Waals surface area contributed by atoms with Gasteiger partial charge in [0.25, 0.3) is 0 Å². The quantitative estimate of drug-likeness (QED) is 0.920. The van der Waals surface area contributed by atoms with Crippen molar-refractivity contribution in [1.82, 2.24) is 5.32 Å². The number of rotatable bonds is 4. The third kappa shape index (κ3) is 4.07. The lowest BCUT2D eigenvalue weighted by atomic mass is 10.0. The Morgan fingerprint density at radius 2 is 2.10 bits per heavy atom. The molecule has 0 aliphatic carbocycles. The molecule has 1 aliphatic heterocycles. The Labute approximate surface area is 120 Å². The molecule has 1 unspecified atom stereocenters. The zero-order valence-corrected chi connectivity index (χ0v) is 12.8. The third-order valence-corrected chi connectivity index (χ3v) is 5.61. The van der Waals surface area contributed by atoms with Crippen LogP contribution in [-0.4, -0.2) is 25.8 Å². The summed E-state index contributed by atoms with van der Waals surface area (Å²) in [7, 11) is -2.90. The van der Waals surface area contributed by atoms with Gasteiger partial charge in [0.15, 0.2) is 9.84 Å². The Bertz CT molecular complexity index is 608. The molecule has 2 rings (SSSR count). The van der Waals surface area contributed by atoms with Crippen LogP contribution in [0.3, 0.4) is 0 Å². The summed E-state index contributed by atoms with van der Waals surface area (Å²) < 4.78 is 22.7. The summed E-state index contributed by atoms with van der Waals surface area (Å²) in [6.45, 7) is 4.57. The lowest BCUT2D eigenvalue weighted by Gasteiger charge is -2.11. The van der Waals surface area contributed by atoms with Crippen molar-refractivity contribution in [1.29, 1.82) is 0 Å². The van der Waals surface area contributed by atoms with E-state index in [-0.39, 0.29) is 23.3 Å². The molecule has 1 aliphatic rings. The second-order valence-corrected chi connectivity index (χ2v) is 7.91. The third-order valence-electron chi connectivity index (χ3n) is 3.77. The minimum absolute atomic E-state index is 0.0147. The van der Waals surface area contributed by atoms with Crippen LogP contribution in [0.4, 0.5) is 0 Å². The van der Waals surface area contributed by atoms with E-state index >= 15 is 0 Å². The SMILES string of the molecule is Cc1ccc(CNC(=O)CC2CCS(=O)(=O)C2)c(C)c1. The molecule has 1 amide bonds. The van der Waals surface area contributed by atoms with E-state index in [1.54, 1.807) is 0 Å². The summed E-state index contributed by atoms with van der Waals surface area (Å²) >= 11 is 0. The van der Waals surface area contributed by atoms with Gasteiger partial charge in [0.05, 0.1) is 11.5 Å². The maximum absolute atomic E-state index is 11.9. The van der Waals surface area contributed by atoms with Crippen LogP contribution >= 0.6 is 0 Å². The van der Waals surface area contributed by atoms with Crippen LogP contribution in [0.2, 0.25) is 0 Å². The molecular formula is C15H21NO3S. The number of carbonyl (C=O) groups is 1. The first-order chi connectivity index (χ1) is 9.35. The van der Waals surface area contributed by atoms with Gasteiger partial charge in [-0.2, -0.15) is 0 Å². The van der Waals surface area contributed by atoms with Crippen LogP contribution in [0.5, 0.6) is 0 Å². The fourth-order valence-corrected chi connectivity index (χ4v) is 4.47. The van der Waals surface area contributed by atoms with Crippen LogP contribution in [0.15, 0.2) is 18.2 Å². The highest BCUT2D eigenvalue weighted by molar-refractivity contribution is 7.91. The van der Waals surface area contributed by atoms with Crippen molar-refractivity contribution >= 4 is 15.7 Å². The zero-order chi connectivity index (χ0) is 14.8. The van der Waals surface area contributed by atoms with Gasteiger partial charge in [0, 0.05) is 13.0 Å². The normalized spacial score (nSPS) is 20.8. The van der Waals surface area contributed by atoms with Gasteiger partial charge in [0.1, 0.15) is 0 Å². The Hall–Kier alpha value is -1.36. The molecule has 4 nitrogen and oxygen atoms in total. The number of sulfone groups is 1. The first-order valence-electron chi connectivity index (χ1n) is 6.89. The predicted octanol–water partition coefficient (Wildman–Crippen LogP) is 1.74. The van der Waals surface area contributed by atoms with Gasteiger partial charge in [-0.15, -0.1) is 0 Å². The monoisotopic (exact) mass is 295 g/mol. The molecule has 1 atom stereocenters. The average molecular weight is 295 g/mol. The van der Waals surface area contributed by atoms with Crippen molar-refractivity contribution in [2.75, 3.05) is 11.5 Å². The number of hydrogen-bond donors (Lipinski definition) is 1. The number of nitrogens with one attached hydrogen (secondary N) is 1. The number of benzene rings is 1. The molecule has 5 heteroatoms. The minimum atomic E-state index is -2.90. The van der Waals surface area contributed by atoms with E-state index in [0.29, 0.717) is 19.4 Å². The van der Waals surface area contributed by atoms with Crippen molar-refractivity contribution in [2.24, 2.45) is 5.92 Å². The molecule has 1 N–H and O–H groups in total. The van der Waals surface area contributed by atoms with E-state index in [9.17, 15) is 13.2 Å². The average Bonchev–Trinajstić information content (AvgIpc) is 2.67. The van der Waals surface area contributed by atoms with Crippen LogP contribution in [0.1, 0.15) is 29.5 Å². The number of hydrogen-bond acceptors (Lipinski definition) is 3. The van der Waals surface area contributed by atoms with Gasteiger partial charge in [-0.3, -0.25) is 4.79 Å². The van der Waals surface area contributed by atoms with E-state index in [1.165, 1.54) is 5.56 Å². The molecule has 1 saturated heterocycles. The van der Waals surface area contributed by atoms with Crippen molar-refractivity contribution in [3.63, 3.8) is 0 Å². The second kappa shape index (κ2) is 5.95. The van der Waals surface area contributed by atoms with Gasteiger partial charge in [-0.05, 0) is 37.3 Å². The first-order valence-corrected chi connectivity index (χ1v) is 8.71. The molecule has 1 heterocycles. The van der Waals surface area contributed by atoms with Gasteiger partial charge < -0.3 is 5.32 Å². The largest absolute Gasteiger partial charge is 0.352 e. The van der Waals surface area contributed by atoms with Gasteiger partial charge in [-0.25, -0.2) is 8.42 Å². The van der Waals surface area contributed by atoms with E-state index in [1.807, 2.05) is 26.0 Å². The molecule has 0 bridgehead atoms. The van der Waals surface area contributed by atoms with Gasteiger partial charge in [-0.1, -0.05) is 23.8 Å². The van der Waals surface area contributed by atoms with Crippen LogP contribution in [0, 0.1) is 19.8 Å². The summed E-state index contributed by atoms with van der Waals surface area (Å²) in [6.07, 6.45) is 0.920. The molecular weight excluding hydrogens is 274 g/mol. The summed E-state index contributed by atoms with van der Waals surface area (Å²) in [5.41, 5.74) is 3.46. The highest BCUT2D eigenvalue weighted by Gasteiger charge is 2.29. The molecule has 0 radical (unpaired) electrons. The van der Waals surface area contributed by atoms with Gasteiger partial charge >= 0.3 is 0 Å². The maximum atomic E-state index is 11.9.